The maximum absolute atomic E-state index is 11.9. The Labute approximate surface area is 177 Å². The van der Waals surface area contributed by atoms with Gasteiger partial charge in [0.15, 0.2) is 0 Å². The molecule has 0 bridgehead atoms. The fraction of sp³-hybridized carbons (Fsp3) is 0.739. The van der Waals surface area contributed by atoms with Crippen LogP contribution in [-0.4, -0.2) is 61.2 Å². The molecular weight excluding hydrogens is 366 g/mol. The van der Waals surface area contributed by atoms with E-state index in [1.807, 2.05) is 0 Å². The molecule has 0 aromatic carbocycles. The van der Waals surface area contributed by atoms with Crippen molar-refractivity contribution in [3.05, 3.63) is 24.3 Å². The summed E-state index contributed by atoms with van der Waals surface area (Å²) in [4.78, 5) is 25.9. The van der Waals surface area contributed by atoms with E-state index >= 15 is 0 Å². The number of carbonyl (C=O) groups excluding carboxylic acids is 2. The van der Waals surface area contributed by atoms with Gasteiger partial charge >= 0.3 is 0 Å². The first-order valence-electron chi connectivity index (χ1n) is 11.3. The number of allylic oxidation sites excluding steroid dienone is 4. The summed E-state index contributed by atoms with van der Waals surface area (Å²) >= 11 is 0. The summed E-state index contributed by atoms with van der Waals surface area (Å²) in [5.41, 5.74) is 0. The molecule has 29 heavy (non-hydrogen) atoms. The minimum absolute atomic E-state index is 0.0673. The molecule has 168 valence electrons. The SMILES string of the molecule is CCC/C=C/CCC(=O)NCCN(CCCO)CCNC(=O)CC/C=C/CCC. The van der Waals surface area contributed by atoms with Crippen molar-refractivity contribution in [3.63, 3.8) is 0 Å². The van der Waals surface area contributed by atoms with Gasteiger partial charge in [-0.25, -0.2) is 0 Å². The van der Waals surface area contributed by atoms with Gasteiger partial charge in [0.05, 0.1) is 0 Å². The summed E-state index contributed by atoms with van der Waals surface area (Å²) in [6.07, 6.45) is 16.0. The lowest BCUT2D eigenvalue weighted by atomic mass is 10.2. The molecule has 0 aliphatic heterocycles. The van der Waals surface area contributed by atoms with E-state index in [9.17, 15) is 9.59 Å². The van der Waals surface area contributed by atoms with Gasteiger partial charge in [0.1, 0.15) is 0 Å². The Hall–Kier alpha value is -1.66. The van der Waals surface area contributed by atoms with E-state index in [1.165, 1.54) is 0 Å². The number of nitrogens with one attached hydrogen (secondary N) is 2. The molecule has 0 aliphatic carbocycles. The lowest BCUT2D eigenvalue weighted by Gasteiger charge is -2.22. The molecule has 0 saturated carbocycles. The van der Waals surface area contributed by atoms with Gasteiger partial charge in [-0.2, -0.15) is 0 Å². The van der Waals surface area contributed by atoms with Gasteiger partial charge in [-0.3, -0.25) is 14.5 Å². The molecular formula is C23H43N3O3. The minimum atomic E-state index is 0.0673. The largest absolute Gasteiger partial charge is 0.396 e. The summed E-state index contributed by atoms with van der Waals surface area (Å²) < 4.78 is 0. The van der Waals surface area contributed by atoms with E-state index < -0.39 is 0 Å². The van der Waals surface area contributed by atoms with Crippen molar-refractivity contribution < 1.29 is 14.7 Å². The minimum Gasteiger partial charge on any atom is -0.396 e. The quantitative estimate of drug-likeness (QED) is 0.286. The average molecular weight is 410 g/mol. The molecule has 0 saturated heterocycles. The fourth-order valence-corrected chi connectivity index (χ4v) is 2.75. The fourth-order valence-electron chi connectivity index (χ4n) is 2.75. The predicted octanol–water partition coefficient (Wildman–Crippen LogP) is 3.18. The molecule has 0 aromatic heterocycles. The number of rotatable bonds is 19. The standard InChI is InChI=1S/C23H43N3O3/c1-3-5-7-9-11-14-22(28)24-16-19-26(18-13-21-27)20-17-25-23(29)15-12-10-8-6-4-2/h7-10,27H,3-6,11-21H2,1-2H3,(H,24,28)(H,25,29)/b9-7+,10-8+. The van der Waals surface area contributed by atoms with Crippen molar-refractivity contribution >= 4 is 11.8 Å². The molecule has 0 atom stereocenters. The van der Waals surface area contributed by atoms with Gasteiger partial charge in [0.2, 0.25) is 11.8 Å². The van der Waals surface area contributed by atoms with Crippen LogP contribution in [0.4, 0.5) is 0 Å². The lowest BCUT2D eigenvalue weighted by Crippen LogP contribution is -2.40. The van der Waals surface area contributed by atoms with E-state index in [1.54, 1.807) is 0 Å². The van der Waals surface area contributed by atoms with Crippen LogP contribution in [0.5, 0.6) is 0 Å². The van der Waals surface area contributed by atoms with Gasteiger partial charge in [-0.1, -0.05) is 51.0 Å². The van der Waals surface area contributed by atoms with Crippen molar-refractivity contribution in [2.45, 2.75) is 71.6 Å². The van der Waals surface area contributed by atoms with E-state index in [2.05, 4.69) is 53.7 Å². The number of hydrogen-bond donors (Lipinski definition) is 3. The van der Waals surface area contributed by atoms with E-state index in [-0.39, 0.29) is 18.4 Å². The van der Waals surface area contributed by atoms with Crippen LogP contribution in [0.25, 0.3) is 0 Å². The van der Waals surface area contributed by atoms with Crippen LogP contribution in [0.1, 0.15) is 71.6 Å². The number of carbonyl (C=O) groups is 2. The molecule has 0 rings (SSSR count). The number of hydrogen-bond acceptors (Lipinski definition) is 4. The summed E-state index contributed by atoms with van der Waals surface area (Å²) in [6, 6.07) is 0. The van der Waals surface area contributed by atoms with Gasteiger partial charge in [-0.15, -0.1) is 0 Å². The predicted molar refractivity (Wildman–Crippen MR) is 121 cm³/mol. The third-order valence-electron chi connectivity index (χ3n) is 4.45. The van der Waals surface area contributed by atoms with Crippen molar-refractivity contribution in [3.8, 4) is 0 Å². The molecule has 0 spiro atoms. The van der Waals surface area contributed by atoms with Crippen LogP contribution in [0.2, 0.25) is 0 Å². The molecule has 0 aromatic rings. The molecule has 0 aliphatic rings. The molecule has 6 heteroatoms. The maximum atomic E-state index is 11.9. The van der Waals surface area contributed by atoms with E-state index in [0.29, 0.717) is 45.4 Å². The number of amides is 2. The van der Waals surface area contributed by atoms with Crippen LogP contribution < -0.4 is 10.6 Å². The van der Waals surface area contributed by atoms with Crippen molar-refractivity contribution in [1.82, 2.24) is 15.5 Å². The lowest BCUT2D eigenvalue weighted by molar-refractivity contribution is -0.121. The normalized spacial score (nSPS) is 11.6. The summed E-state index contributed by atoms with van der Waals surface area (Å²) in [6.45, 7) is 7.76. The van der Waals surface area contributed by atoms with Gasteiger partial charge in [0.25, 0.3) is 0 Å². The Balaban J connectivity index is 3.98. The number of unbranched alkanes of at least 4 members (excludes halogenated alkanes) is 2. The maximum Gasteiger partial charge on any atom is 0.220 e. The third-order valence-corrected chi connectivity index (χ3v) is 4.45. The van der Waals surface area contributed by atoms with Crippen LogP contribution in [0.3, 0.4) is 0 Å². The zero-order valence-electron chi connectivity index (χ0n) is 18.6. The van der Waals surface area contributed by atoms with Crippen LogP contribution in [0, 0.1) is 0 Å². The number of aliphatic hydroxyl groups excluding tert-OH is 1. The summed E-state index contributed by atoms with van der Waals surface area (Å²) in [7, 11) is 0. The van der Waals surface area contributed by atoms with E-state index in [0.717, 1.165) is 45.1 Å². The third kappa shape index (κ3) is 19.4. The monoisotopic (exact) mass is 409 g/mol. The second kappa shape index (κ2) is 21.1. The Morgan fingerprint density at radius 1 is 0.759 bits per heavy atom. The topological polar surface area (TPSA) is 81.7 Å². The zero-order chi connectivity index (χ0) is 21.6. The molecule has 0 fully saturated rings. The molecule has 0 radical (unpaired) electrons. The average Bonchev–Trinajstić information content (AvgIpc) is 2.71. The Morgan fingerprint density at radius 2 is 1.21 bits per heavy atom. The molecule has 3 N–H and O–H groups in total. The number of aliphatic hydroxyl groups is 1. The van der Waals surface area contributed by atoms with Gasteiger partial charge in [0, 0.05) is 52.2 Å². The van der Waals surface area contributed by atoms with Crippen LogP contribution >= 0.6 is 0 Å². The first-order chi connectivity index (χ1) is 14.1. The second-order valence-corrected chi connectivity index (χ2v) is 7.22. The van der Waals surface area contributed by atoms with E-state index in [4.69, 9.17) is 5.11 Å². The highest BCUT2D eigenvalue weighted by atomic mass is 16.3. The van der Waals surface area contributed by atoms with Crippen molar-refractivity contribution in [2.24, 2.45) is 0 Å². The molecule has 0 heterocycles. The second-order valence-electron chi connectivity index (χ2n) is 7.22. The summed E-state index contributed by atoms with van der Waals surface area (Å²) in [5.74, 6) is 0.135. The Kier molecular flexibility index (Phi) is 19.9. The highest BCUT2D eigenvalue weighted by Crippen LogP contribution is 1.97. The van der Waals surface area contributed by atoms with Crippen LogP contribution in [-0.2, 0) is 9.59 Å². The first-order valence-corrected chi connectivity index (χ1v) is 11.3. The highest BCUT2D eigenvalue weighted by molar-refractivity contribution is 5.76. The van der Waals surface area contributed by atoms with Gasteiger partial charge in [-0.05, 0) is 32.1 Å². The first kappa shape index (κ1) is 27.3. The van der Waals surface area contributed by atoms with Gasteiger partial charge < -0.3 is 15.7 Å². The molecule has 2 amide bonds. The summed E-state index contributed by atoms with van der Waals surface area (Å²) in [5, 5.41) is 15.0. The zero-order valence-corrected chi connectivity index (χ0v) is 18.6. The Bertz CT molecular complexity index is 426. The smallest absolute Gasteiger partial charge is 0.220 e. The Morgan fingerprint density at radius 3 is 1.62 bits per heavy atom. The van der Waals surface area contributed by atoms with Crippen molar-refractivity contribution in [1.29, 1.82) is 0 Å². The van der Waals surface area contributed by atoms with Crippen LogP contribution in [0.15, 0.2) is 24.3 Å². The van der Waals surface area contributed by atoms with Crippen molar-refractivity contribution in [2.75, 3.05) is 39.3 Å². The molecule has 6 nitrogen and oxygen atoms in total. The molecule has 0 unspecified atom stereocenters. The number of nitrogens with zero attached hydrogens (tertiary/aromatic N) is 1. The highest BCUT2D eigenvalue weighted by Gasteiger charge is 2.07.